The summed E-state index contributed by atoms with van der Waals surface area (Å²) < 4.78 is 7.07. The highest BCUT2D eigenvalue weighted by molar-refractivity contribution is 7.20. The number of hydrogen-bond donors (Lipinski definition) is 0. The fraction of sp³-hybridized carbons (Fsp3) is 0.240. The van der Waals surface area contributed by atoms with E-state index in [4.69, 9.17) is 4.74 Å². The molecule has 4 aromatic rings. The van der Waals surface area contributed by atoms with Gasteiger partial charge in [-0.25, -0.2) is 4.98 Å². The zero-order valence-corrected chi connectivity index (χ0v) is 18.5. The molecule has 1 aliphatic heterocycles. The quantitative estimate of drug-likeness (QED) is 0.439. The Balaban J connectivity index is 1.10. The number of piperazine rings is 1. The molecular formula is C25H24N4O2S. The fourth-order valence-electron chi connectivity index (χ4n) is 3.86. The summed E-state index contributed by atoms with van der Waals surface area (Å²) in [4.78, 5) is 25.4. The lowest BCUT2D eigenvalue weighted by atomic mass is 10.1. The number of hydrogen-bond acceptors (Lipinski definition) is 6. The molecule has 5 rings (SSSR count). The summed E-state index contributed by atoms with van der Waals surface area (Å²) in [6.07, 6.45) is 4.30. The highest BCUT2D eigenvalue weighted by Gasteiger charge is 2.21. The van der Waals surface area contributed by atoms with Crippen molar-refractivity contribution in [2.24, 2.45) is 0 Å². The summed E-state index contributed by atoms with van der Waals surface area (Å²) >= 11 is 1.55. The molecule has 0 N–H and O–H groups in total. The fourth-order valence-corrected chi connectivity index (χ4v) is 4.69. The highest BCUT2D eigenvalue weighted by atomic mass is 32.1. The van der Waals surface area contributed by atoms with Crippen molar-refractivity contribution < 1.29 is 9.53 Å². The number of rotatable bonds is 6. The molecule has 0 unspecified atom stereocenters. The van der Waals surface area contributed by atoms with Crippen LogP contribution in [0.3, 0.4) is 0 Å². The van der Waals surface area contributed by atoms with Gasteiger partial charge in [0.15, 0.2) is 0 Å². The van der Waals surface area contributed by atoms with Crippen LogP contribution in [0, 0.1) is 0 Å². The lowest BCUT2D eigenvalue weighted by Crippen LogP contribution is -2.49. The molecule has 0 atom stereocenters. The van der Waals surface area contributed by atoms with Crippen molar-refractivity contribution in [2.45, 2.75) is 6.42 Å². The van der Waals surface area contributed by atoms with Crippen molar-refractivity contribution in [1.29, 1.82) is 0 Å². The van der Waals surface area contributed by atoms with Gasteiger partial charge in [0, 0.05) is 50.7 Å². The minimum absolute atomic E-state index is 0.0933. The Morgan fingerprint density at radius 3 is 2.44 bits per heavy atom. The maximum Gasteiger partial charge on any atom is 0.279 e. The molecule has 0 spiro atoms. The van der Waals surface area contributed by atoms with Crippen LogP contribution in [-0.4, -0.2) is 58.4 Å². The second-order valence-electron chi connectivity index (χ2n) is 7.81. The number of ether oxygens (including phenoxy) is 1. The molecule has 32 heavy (non-hydrogen) atoms. The van der Waals surface area contributed by atoms with Gasteiger partial charge in [-0.05, 0) is 48.4 Å². The third kappa shape index (κ3) is 4.79. The summed E-state index contributed by atoms with van der Waals surface area (Å²) in [5.41, 5.74) is 2.95. The van der Waals surface area contributed by atoms with Gasteiger partial charge < -0.3 is 9.64 Å². The Bertz CT molecular complexity index is 1150. The molecule has 0 radical (unpaired) electrons. The minimum Gasteiger partial charge on any atom is -0.431 e. The second kappa shape index (κ2) is 9.46. The molecule has 1 aliphatic rings. The molecule has 6 nitrogen and oxygen atoms in total. The number of carbonyl (C=O) groups excluding carboxylic acids is 1. The molecule has 0 aliphatic carbocycles. The van der Waals surface area contributed by atoms with E-state index in [2.05, 4.69) is 33.1 Å². The number of benzene rings is 2. The number of aromatic nitrogens is 2. The van der Waals surface area contributed by atoms with Crippen molar-refractivity contribution in [1.82, 2.24) is 19.8 Å². The molecule has 1 amide bonds. The van der Waals surface area contributed by atoms with Crippen LogP contribution in [0.5, 0.6) is 10.9 Å². The SMILES string of the molecule is O=C(c1ccncc1)N1CCN(CCc2ccc(Oc3nc4ccccc4s3)cc2)CC1. The van der Waals surface area contributed by atoms with Crippen molar-refractivity contribution >= 4 is 27.5 Å². The number of fused-ring (bicyclic) bond motifs is 1. The van der Waals surface area contributed by atoms with Crippen molar-refractivity contribution in [3.8, 4) is 10.9 Å². The molecule has 162 valence electrons. The van der Waals surface area contributed by atoms with Gasteiger partial charge in [0.1, 0.15) is 5.75 Å². The lowest BCUT2D eigenvalue weighted by molar-refractivity contribution is 0.0638. The number of para-hydroxylation sites is 1. The van der Waals surface area contributed by atoms with Gasteiger partial charge in [0.2, 0.25) is 0 Å². The van der Waals surface area contributed by atoms with Gasteiger partial charge in [-0.3, -0.25) is 14.7 Å². The van der Waals surface area contributed by atoms with Gasteiger partial charge in [0.25, 0.3) is 11.1 Å². The van der Waals surface area contributed by atoms with E-state index in [1.165, 1.54) is 5.56 Å². The van der Waals surface area contributed by atoms with Crippen LogP contribution in [-0.2, 0) is 6.42 Å². The Morgan fingerprint density at radius 2 is 1.69 bits per heavy atom. The second-order valence-corrected chi connectivity index (χ2v) is 8.81. The topological polar surface area (TPSA) is 58.6 Å². The van der Waals surface area contributed by atoms with Crippen LogP contribution >= 0.6 is 11.3 Å². The van der Waals surface area contributed by atoms with Crippen molar-refractivity contribution in [3.05, 3.63) is 84.2 Å². The zero-order valence-electron chi connectivity index (χ0n) is 17.7. The zero-order chi connectivity index (χ0) is 21.8. The van der Waals surface area contributed by atoms with Crippen molar-refractivity contribution in [2.75, 3.05) is 32.7 Å². The monoisotopic (exact) mass is 444 g/mol. The normalized spacial score (nSPS) is 14.6. The van der Waals surface area contributed by atoms with E-state index in [-0.39, 0.29) is 5.91 Å². The lowest BCUT2D eigenvalue weighted by Gasteiger charge is -2.34. The van der Waals surface area contributed by atoms with Gasteiger partial charge in [-0.1, -0.05) is 35.6 Å². The van der Waals surface area contributed by atoms with Gasteiger partial charge in [0.05, 0.1) is 10.2 Å². The largest absolute Gasteiger partial charge is 0.431 e. The molecule has 7 heteroatoms. The summed E-state index contributed by atoms with van der Waals surface area (Å²) in [6.45, 7) is 4.30. The minimum atomic E-state index is 0.0933. The van der Waals surface area contributed by atoms with Crippen LogP contribution in [0.25, 0.3) is 10.2 Å². The molecule has 2 aromatic carbocycles. The molecule has 0 saturated carbocycles. The summed E-state index contributed by atoms with van der Waals surface area (Å²) in [6, 6.07) is 19.8. The molecule has 1 saturated heterocycles. The average molecular weight is 445 g/mol. The Morgan fingerprint density at radius 1 is 0.938 bits per heavy atom. The van der Waals surface area contributed by atoms with E-state index >= 15 is 0 Å². The third-order valence-electron chi connectivity index (χ3n) is 5.71. The summed E-state index contributed by atoms with van der Waals surface area (Å²) in [5, 5.41) is 0.665. The van der Waals surface area contributed by atoms with E-state index in [0.29, 0.717) is 10.8 Å². The molecule has 2 aromatic heterocycles. The molecule has 3 heterocycles. The van der Waals surface area contributed by atoms with E-state index in [9.17, 15) is 4.79 Å². The average Bonchev–Trinajstić information content (AvgIpc) is 3.26. The van der Waals surface area contributed by atoms with Gasteiger partial charge in [-0.15, -0.1) is 0 Å². The van der Waals surface area contributed by atoms with E-state index in [0.717, 1.165) is 55.1 Å². The smallest absolute Gasteiger partial charge is 0.279 e. The van der Waals surface area contributed by atoms with Crippen LogP contribution in [0.4, 0.5) is 0 Å². The van der Waals surface area contributed by atoms with E-state index in [1.54, 1.807) is 35.9 Å². The number of nitrogens with zero attached hydrogens (tertiary/aromatic N) is 4. The van der Waals surface area contributed by atoms with Crippen LogP contribution in [0.1, 0.15) is 15.9 Å². The predicted molar refractivity (Wildman–Crippen MR) is 126 cm³/mol. The Kier molecular flexibility index (Phi) is 6.09. The Hall–Kier alpha value is -3.29. The molecule has 1 fully saturated rings. The molecule has 0 bridgehead atoms. The number of carbonyl (C=O) groups is 1. The first-order valence-electron chi connectivity index (χ1n) is 10.8. The maximum atomic E-state index is 12.6. The maximum absolute atomic E-state index is 12.6. The first kappa shape index (κ1) is 20.6. The van der Waals surface area contributed by atoms with E-state index in [1.807, 2.05) is 35.2 Å². The van der Waals surface area contributed by atoms with Crippen molar-refractivity contribution in [3.63, 3.8) is 0 Å². The van der Waals surface area contributed by atoms with Gasteiger partial charge in [-0.2, -0.15) is 0 Å². The summed E-state index contributed by atoms with van der Waals surface area (Å²) in [5.74, 6) is 0.895. The highest BCUT2D eigenvalue weighted by Crippen LogP contribution is 2.31. The Labute approximate surface area is 191 Å². The van der Waals surface area contributed by atoms with Crippen LogP contribution < -0.4 is 4.74 Å². The standard InChI is InChI=1S/C25H24N4O2S/c30-24(20-9-12-26-13-10-20)29-17-15-28(16-18-29)14-11-19-5-7-21(8-6-19)31-25-27-22-3-1-2-4-23(22)32-25/h1-10,12-13H,11,14-18H2. The third-order valence-corrected chi connectivity index (χ3v) is 6.62. The van der Waals surface area contributed by atoms with E-state index < -0.39 is 0 Å². The number of amides is 1. The van der Waals surface area contributed by atoms with Crippen LogP contribution in [0.2, 0.25) is 0 Å². The molecular weight excluding hydrogens is 420 g/mol. The number of pyridine rings is 1. The summed E-state index contributed by atoms with van der Waals surface area (Å²) in [7, 11) is 0. The predicted octanol–water partition coefficient (Wildman–Crippen LogP) is 4.48. The van der Waals surface area contributed by atoms with Crippen LogP contribution in [0.15, 0.2) is 73.1 Å². The number of thiazole rings is 1. The first-order chi connectivity index (χ1) is 15.7. The van der Waals surface area contributed by atoms with Gasteiger partial charge >= 0.3 is 0 Å². The first-order valence-corrected chi connectivity index (χ1v) is 11.6.